The zero-order valence-corrected chi connectivity index (χ0v) is 5.09. The molecule has 0 saturated heterocycles. The zero-order chi connectivity index (χ0) is 6.69. The van der Waals surface area contributed by atoms with Gasteiger partial charge in [-0.05, 0) is 12.5 Å². The first-order chi connectivity index (χ1) is 4.29. The van der Waals surface area contributed by atoms with E-state index in [1.807, 2.05) is 6.08 Å². The Balaban J connectivity index is 2.53. The zero-order valence-electron chi connectivity index (χ0n) is 5.09. The van der Waals surface area contributed by atoms with Gasteiger partial charge in [0.05, 0.1) is 0 Å². The summed E-state index contributed by atoms with van der Waals surface area (Å²) in [5, 5.41) is 3.00. The molecule has 9 heavy (non-hydrogen) atoms. The first-order valence-corrected chi connectivity index (χ1v) is 2.83. The quantitative estimate of drug-likeness (QED) is 0.314. The van der Waals surface area contributed by atoms with Gasteiger partial charge in [-0.2, -0.15) is 4.99 Å². The van der Waals surface area contributed by atoms with Crippen molar-refractivity contribution in [1.82, 2.24) is 5.32 Å². The monoisotopic (exact) mass is 126 g/mol. The fraction of sp³-hybridized carbons (Fsp3) is 0.400. The third-order valence-electron chi connectivity index (χ3n) is 1.04. The second kappa shape index (κ2) is 2.39. The number of nitrogens with zero attached hydrogens (tertiary/aromatic N) is 1. The van der Waals surface area contributed by atoms with Gasteiger partial charge in [-0.25, -0.2) is 0 Å². The van der Waals surface area contributed by atoms with Crippen molar-refractivity contribution in [3.63, 3.8) is 0 Å². The summed E-state index contributed by atoms with van der Waals surface area (Å²) < 4.78 is 0. The first kappa shape index (κ1) is 5.94. The van der Waals surface area contributed by atoms with Gasteiger partial charge in [0, 0.05) is 6.54 Å². The van der Waals surface area contributed by atoms with Gasteiger partial charge in [0.1, 0.15) is 5.82 Å². The standard InChI is InChI=1S/C5H10N4/c6-5(7)9-4-2-1-3-8-4/h2,8H,1,3H2,(H4,6,7,9). The Kier molecular flexibility index (Phi) is 1.58. The maximum Gasteiger partial charge on any atom is 0.192 e. The lowest BCUT2D eigenvalue weighted by molar-refractivity contribution is 0.865. The summed E-state index contributed by atoms with van der Waals surface area (Å²) in [5.74, 6) is 0.894. The van der Waals surface area contributed by atoms with E-state index in [2.05, 4.69) is 10.3 Å². The molecule has 4 nitrogen and oxygen atoms in total. The first-order valence-electron chi connectivity index (χ1n) is 2.83. The molecule has 1 heterocycles. The van der Waals surface area contributed by atoms with Gasteiger partial charge in [-0.15, -0.1) is 0 Å². The molecule has 0 aliphatic carbocycles. The molecule has 0 amide bonds. The van der Waals surface area contributed by atoms with Crippen molar-refractivity contribution < 1.29 is 0 Å². The molecule has 0 aromatic rings. The normalized spacial score (nSPS) is 16.2. The van der Waals surface area contributed by atoms with Crippen molar-refractivity contribution >= 4 is 5.96 Å². The van der Waals surface area contributed by atoms with E-state index in [0.29, 0.717) is 0 Å². The van der Waals surface area contributed by atoms with Gasteiger partial charge >= 0.3 is 0 Å². The van der Waals surface area contributed by atoms with Crippen LogP contribution in [0.1, 0.15) is 6.42 Å². The Morgan fingerprint density at radius 3 is 2.89 bits per heavy atom. The fourth-order valence-corrected chi connectivity index (χ4v) is 0.706. The van der Waals surface area contributed by atoms with Gasteiger partial charge in [0.25, 0.3) is 0 Å². The topological polar surface area (TPSA) is 76.4 Å². The number of aliphatic imine (C=N–C) groups is 1. The van der Waals surface area contributed by atoms with Crippen LogP contribution in [0, 0.1) is 0 Å². The summed E-state index contributed by atoms with van der Waals surface area (Å²) in [6.07, 6.45) is 2.96. The van der Waals surface area contributed by atoms with Crippen molar-refractivity contribution in [1.29, 1.82) is 0 Å². The Morgan fingerprint density at radius 1 is 1.67 bits per heavy atom. The van der Waals surface area contributed by atoms with Crippen molar-refractivity contribution in [3.05, 3.63) is 11.9 Å². The minimum absolute atomic E-state index is 0.107. The third kappa shape index (κ3) is 1.64. The number of hydrogen-bond acceptors (Lipinski definition) is 2. The molecule has 0 aromatic carbocycles. The second-order valence-corrected chi connectivity index (χ2v) is 1.84. The Labute approximate surface area is 53.6 Å². The molecule has 0 radical (unpaired) electrons. The predicted octanol–water partition coefficient (Wildman–Crippen LogP) is -0.906. The largest absolute Gasteiger partial charge is 0.370 e. The molecule has 0 bridgehead atoms. The highest BCUT2D eigenvalue weighted by atomic mass is 15.1. The van der Waals surface area contributed by atoms with Crippen molar-refractivity contribution in [2.24, 2.45) is 16.5 Å². The van der Waals surface area contributed by atoms with Crippen molar-refractivity contribution in [3.8, 4) is 0 Å². The van der Waals surface area contributed by atoms with Gasteiger partial charge in [-0.1, -0.05) is 0 Å². The van der Waals surface area contributed by atoms with Gasteiger partial charge in [0.15, 0.2) is 5.96 Å². The molecule has 1 aliphatic rings. The molecule has 0 saturated carbocycles. The van der Waals surface area contributed by atoms with Crippen LogP contribution in [0.15, 0.2) is 16.9 Å². The van der Waals surface area contributed by atoms with E-state index < -0.39 is 0 Å². The third-order valence-corrected chi connectivity index (χ3v) is 1.04. The number of guanidine groups is 1. The average molecular weight is 126 g/mol. The van der Waals surface area contributed by atoms with Gasteiger partial charge < -0.3 is 16.8 Å². The van der Waals surface area contributed by atoms with Gasteiger partial charge in [0.2, 0.25) is 0 Å². The van der Waals surface area contributed by atoms with E-state index in [4.69, 9.17) is 11.5 Å². The second-order valence-electron chi connectivity index (χ2n) is 1.84. The molecule has 1 rings (SSSR count). The van der Waals surface area contributed by atoms with E-state index in [0.717, 1.165) is 18.8 Å². The molecule has 50 valence electrons. The molecular formula is C5H10N4. The Hall–Kier alpha value is -1.19. The van der Waals surface area contributed by atoms with Crippen LogP contribution in [0.4, 0.5) is 0 Å². The van der Waals surface area contributed by atoms with Crippen LogP contribution in [-0.4, -0.2) is 12.5 Å². The number of rotatable bonds is 1. The molecule has 4 heteroatoms. The van der Waals surface area contributed by atoms with Crippen LogP contribution in [0.2, 0.25) is 0 Å². The van der Waals surface area contributed by atoms with E-state index >= 15 is 0 Å². The van der Waals surface area contributed by atoms with Crippen LogP contribution >= 0.6 is 0 Å². The van der Waals surface area contributed by atoms with Crippen LogP contribution in [0.25, 0.3) is 0 Å². The molecule has 0 atom stereocenters. The summed E-state index contributed by atoms with van der Waals surface area (Å²) in [7, 11) is 0. The minimum Gasteiger partial charge on any atom is -0.370 e. The van der Waals surface area contributed by atoms with Gasteiger partial charge in [-0.3, -0.25) is 0 Å². The smallest absolute Gasteiger partial charge is 0.192 e. The highest BCUT2D eigenvalue weighted by molar-refractivity contribution is 5.76. The summed E-state index contributed by atoms with van der Waals surface area (Å²) in [5.41, 5.74) is 10.2. The summed E-state index contributed by atoms with van der Waals surface area (Å²) in [4.78, 5) is 3.80. The Morgan fingerprint density at radius 2 is 2.44 bits per heavy atom. The molecular weight excluding hydrogens is 116 g/mol. The van der Waals surface area contributed by atoms with E-state index in [1.165, 1.54) is 0 Å². The number of nitrogens with one attached hydrogen (secondary N) is 1. The maximum atomic E-state index is 5.12. The van der Waals surface area contributed by atoms with E-state index in [-0.39, 0.29) is 5.96 Å². The number of hydrogen-bond donors (Lipinski definition) is 3. The van der Waals surface area contributed by atoms with Crippen molar-refractivity contribution in [2.45, 2.75) is 6.42 Å². The molecule has 1 aliphatic heterocycles. The minimum atomic E-state index is 0.107. The molecule has 0 fully saturated rings. The van der Waals surface area contributed by atoms with Crippen LogP contribution in [-0.2, 0) is 0 Å². The van der Waals surface area contributed by atoms with E-state index in [1.54, 1.807) is 0 Å². The summed E-state index contributed by atoms with van der Waals surface area (Å²) in [6, 6.07) is 0. The lowest BCUT2D eigenvalue weighted by Gasteiger charge is -1.94. The average Bonchev–Trinajstić information content (AvgIpc) is 2.15. The highest BCUT2D eigenvalue weighted by Crippen LogP contribution is 2.00. The SMILES string of the molecule is NC(N)=NC1=CCCN1. The maximum absolute atomic E-state index is 5.12. The van der Waals surface area contributed by atoms with Crippen LogP contribution in [0.3, 0.4) is 0 Å². The molecule has 0 aromatic heterocycles. The fourth-order valence-electron chi connectivity index (χ4n) is 0.706. The predicted molar refractivity (Wildman–Crippen MR) is 36.5 cm³/mol. The summed E-state index contributed by atoms with van der Waals surface area (Å²) >= 11 is 0. The molecule has 0 spiro atoms. The lowest BCUT2D eigenvalue weighted by Crippen LogP contribution is -2.24. The molecule has 5 N–H and O–H groups in total. The van der Waals surface area contributed by atoms with Crippen LogP contribution < -0.4 is 16.8 Å². The van der Waals surface area contributed by atoms with E-state index in [9.17, 15) is 0 Å². The lowest BCUT2D eigenvalue weighted by atomic mass is 10.5. The number of nitrogens with two attached hydrogens (primary N) is 2. The van der Waals surface area contributed by atoms with Crippen LogP contribution in [0.5, 0.6) is 0 Å². The Bertz CT molecular complexity index is 154. The molecule has 0 unspecified atom stereocenters. The highest BCUT2D eigenvalue weighted by Gasteiger charge is 1.99. The summed E-state index contributed by atoms with van der Waals surface area (Å²) in [6.45, 7) is 0.937. The van der Waals surface area contributed by atoms with Crippen molar-refractivity contribution in [2.75, 3.05) is 6.54 Å².